The molecule has 0 saturated carbocycles. The number of halogens is 1. The van der Waals surface area contributed by atoms with Crippen molar-refractivity contribution in [3.8, 4) is 11.5 Å². The van der Waals surface area contributed by atoms with Crippen LogP contribution in [0, 0.1) is 0 Å². The van der Waals surface area contributed by atoms with Gasteiger partial charge in [-0.25, -0.2) is 0 Å². The van der Waals surface area contributed by atoms with Gasteiger partial charge < -0.3 is 25.3 Å². The summed E-state index contributed by atoms with van der Waals surface area (Å²) in [6, 6.07) is 3.32. The molecule has 2 aliphatic rings. The number of anilines is 2. The number of carbonyl (C=O) groups excluding carboxylic acids is 1. The van der Waals surface area contributed by atoms with Gasteiger partial charge in [-0.15, -0.1) is 12.4 Å². The van der Waals surface area contributed by atoms with E-state index in [0.29, 0.717) is 29.5 Å². The first-order valence-electron chi connectivity index (χ1n) is 5.85. The Balaban J connectivity index is 0.00000133. The van der Waals surface area contributed by atoms with Crippen LogP contribution < -0.4 is 20.5 Å². The van der Waals surface area contributed by atoms with Crippen molar-refractivity contribution in [2.75, 3.05) is 24.5 Å². The zero-order chi connectivity index (χ0) is 12.5. The number of fused-ring (bicyclic) bond motifs is 1. The number of nitrogen functional groups attached to an aromatic ring is 1. The molecule has 3 rings (SSSR count). The van der Waals surface area contributed by atoms with Gasteiger partial charge in [0.2, 0.25) is 6.79 Å². The monoisotopic (exact) mass is 286 g/mol. The number of hydrogen-bond acceptors (Lipinski definition) is 5. The van der Waals surface area contributed by atoms with Gasteiger partial charge in [0.15, 0.2) is 11.5 Å². The summed E-state index contributed by atoms with van der Waals surface area (Å²) in [7, 11) is 0. The molecule has 104 valence electrons. The summed E-state index contributed by atoms with van der Waals surface area (Å²) in [4.78, 5) is 11.9. The Morgan fingerprint density at radius 1 is 1.32 bits per heavy atom. The fraction of sp³-hybridized carbons (Fsp3) is 0.417. The van der Waals surface area contributed by atoms with Crippen LogP contribution in [0.1, 0.15) is 12.8 Å². The summed E-state index contributed by atoms with van der Waals surface area (Å²) >= 11 is 0. The standard InChI is InChI=1S/C12H14N2O4.ClH/c13-7-4-10-11(18-6-17-10)5-8(7)14-12(15)9-2-1-3-16-9;/h4-5,9H,1-3,6,13H2,(H,14,15);1H. The lowest BCUT2D eigenvalue weighted by molar-refractivity contribution is -0.124. The van der Waals surface area contributed by atoms with E-state index in [1.54, 1.807) is 12.1 Å². The molecule has 1 atom stereocenters. The highest BCUT2D eigenvalue weighted by molar-refractivity contribution is 5.97. The Hall–Kier alpha value is -1.66. The minimum Gasteiger partial charge on any atom is -0.454 e. The van der Waals surface area contributed by atoms with E-state index in [9.17, 15) is 4.79 Å². The summed E-state index contributed by atoms with van der Waals surface area (Å²) in [5.74, 6) is 1.02. The van der Waals surface area contributed by atoms with E-state index in [1.165, 1.54) is 0 Å². The topological polar surface area (TPSA) is 82.8 Å². The summed E-state index contributed by atoms with van der Waals surface area (Å²) in [6.07, 6.45) is 1.28. The van der Waals surface area contributed by atoms with Gasteiger partial charge in [-0.2, -0.15) is 0 Å². The van der Waals surface area contributed by atoms with E-state index in [4.69, 9.17) is 19.9 Å². The Bertz CT molecular complexity index is 489. The Kier molecular flexibility index (Phi) is 4.01. The Morgan fingerprint density at radius 3 is 2.74 bits per heavy atom. The number of nitrogens with one attached hydrogen (secondary N) is 1. The van der Waals surface area contributed by atoms with Gasteiger partial charge >= 0.3 is 0 Å². The molecule has 0 spiro atoms. The van der Waals surface area contributed by atoms with Gasteiger partial charge in [0, 0.05) is 18.7 Å². The molecule has 1 amide bonds. The van der Waals surface area contributed by atoms with Gasteiger partial charge in [-0.1, -0.05) is 0 Å². The lowest BCUT2D eigenvalue weighted by Gasteiger charge is -2.12. The van der Waals surface area contributed by atoms with Crippen LogP contribution in [-0.4, -0.2) is 25.4 Å². The first kappa shape index (κ1) is 13.8. The average molecular weight is 287 g/mol. The van der Waals surface area contributed by atoms with Crippen LogP contribution in [0.3, 0.4) is 0 Å². The highest BCUT2D eigenvalue weighted by atomic mass is 35.5. The molecule has 19 heavy (non-hydrogen) atoms. The molecular weight excluding hydrogens is 272 g/mol. The predicted octanol–water partition coefficient (Wildman–Crippen LogP) is 1.54. The van der Waals surface area contributed by atoms with Gasteiger partial charge in [0.25, 0.3) is 5.91 Å². The quantitative estimate of drug-likeness (QED) is 0.806. The second-order valence-electron chi connectivity index (χ2n) is 4.28. The maximum absolute atomic E-state index is 11.9. The first-order valence-corrected chi connectivity index (χ1v) is 5.85. The number of carbonyl (C=O) groups is 1. The first-order chi connectivity index (χ1) is 8.74. The summed E-state index contributed by atoms with van der Waals surface area (Å²) < 4.78 is 15.8. The molecule has 0 aliphatic carbocycles. The Labute approximate surface area is 116 Å². The number of ether oxygens (including phenoxy) is 3. The summed E-state index contributed by atoms with van der Waals surface area (Å²) in [6.45, 7) is 0.812. The molecule has 1 unspecified atom stereocenters. The average Bonchev–Trinajstić information content (AvgIpc) is 2.98. The van der Waals surface area contributed by atoms with E-state index in [2.05, 4.69) is 5.32 Å². The second-order valence-corrected chi connectivity index (χ2v) is 4.28. The molecule has 2 aliphatic heterocycles. The minimum atomic E-state index is -0.380. The lowest BCUT2D eigenvalue weighted by atomic mass is 10.2. The van der Waals surface area contributed by atoms with E-state index in [0.717, 1.165) is 12.8 Å². The van der Waals surface area contributed by atoms with Crippen LogP contribution in [0.15, 0.2) is 12.1 Å². The fourth-order valence-electron chi connectivity index (χ4n) is 2.06. The molecule has 0 bridgehead atoms. The van der Waals surface area contributed by atoms with E-state index in [1.807, 2.05) is 0 Å². The van der Waals surface area contributed by atoms with Crippen molar-refractivity contribution < 1.29 is 19.0 Å². The highest BCUT2D eigenvalue weighted by Crippen LogP contribution is 2.38. The molecule has 1 fully saturated rings. The maximum Gasteiger partial charge on any atom is 0.253 e. The molecule has 1 saturated heterocycles. The van der Waals surface area contributed by atoms with Crippen LogP contribution in [-0.2, 0) is 9.53 Å². The summed E-state index contributed by atoms with van der Waals surface area (Å²) in [5.41, 5.74) is 6.83. The number of rotatable bonds is 2. The van der Waals surface area contributed by atoms with Crippen molar-refractivity contribution in [3.05, 3.63) is 12.1 Å². The van der Waals surface area contributed by atoms with Crippen LogP contribution in [0.5, 0.6) is 11.5 Å². The SMILES string of the molecule is Cl.Nc1cc2c(cc1NC(=O)C1CCCO1)OCO2. The van der Waals surface area contributed by atoms with E-state index in [-0.39, 0.29) is 31.2 Å². The number of amides is 1. The normalized spacial score (nSPS) is 19.9. The van der Waals surface area contributed by atoms with Crippen LogP contribution in [0.2, 0.25) is 0 Å². The van der Waals surface area contributed by atoms with Crippen molar-refractivity contribution in [1.29, 1.82) is 0 Å². The molecule has 3 N–H and O–H groups in total. The van der Waals surface area contributed by atoms with Crippen molar-refractivity contribution in [3.63, 3.8) is 0 Å². The Morgan fingerprint density at radius 2 is 2.05 bits per heavy atom. The van der Waals surface area contributed by atoms with Gasteiger partial charge in [0.05, 0.1) is 11.4 Å². The number of benzene rings is 1. The molecule has 0 radical (unpaired) electrons. The van der Waals surface area contributed by atoms with Crippen molar-refractivity contribution in [1.82, 2.24) is 0 Å². The minimum absolute atomic E-state index is 0. The molecule has 0 aromatic heterocycles. The summed E-state index contributed by atoms with van der Waals surface area (Å²) in [5, 5.41) is 2.76. The van der Waals surface area contributed by atoms with Gasteiger partial charge in [-0.05, 0) is 12.8 Å². The van der Waals surface area contributed by atoms with Crippen molar-refractivity contribution in [2.24, 2.45) is 0 Å². The number of hydrogen-bond donors (Lipinski definition) is 2. The lowest BCUT2D eigenvalue weighted by Crippen LogP contribution is -2.27. The molecule has 2 heterocycles. The van der Waals surface area contributed by atoms with Crippen molar-refractivity contribution >= 4 is 29.7 Å². The molecule has 1 aromatic carbocycles. The van der Waals surface area contributed by atoms with Crippen LogP contribution in [0.25, 0.3) is 0 Å². The second kappa shape index (κ2) is 5.54. The molecule has 6 nitrogen and oxygen atoms in total. The molecule has 1 aromatic rings. The zero-order valence-corrected chi connectivity index (χ0v) is 11.0. The van der Waals surface area contributed by atoms with Crippen LogP contribution >= 0.6 is 12.4 Å². The number of nitrogens with two attached hydrogens (primary N) is 1. The zero-order valence-electron chi connectivity index (χ0n) is 10.2. The van der Waals surface area contributed by atoms with Gasteiger partial charge in [0.1, 0.15) is 6.10 Å². The third kappa shape index (κ3) is 2.69. The molecule has 7 heteroatoms. The van der Waals surface area contributed by atoms with E-state index < -0.39 is 0 Å². The molecular formula is C12H15ClN2O4. The predicted molar refractivity (Wildman–Crippen MR) is 71.8 cm³/mol. The third-order valence-corrected chi connectivity index (χ3v) is 3.02. The van der Waals surface area contributed by atoms with Gasteiger partial charge in [-0.3, -0.25) is 4.79 Å². The third-order valence-electron chi connectivity index (χ3n) is 3.02. The van der Waals surface area contributed by atoms with Crippen LogP contribution in [0.4, 0.5) is 11.4 Å². The van der Waals surface area contributed by atoms with E-state index >= 15 is 0 Å². The maximum atomic E-state index is 11.9. The fourth-order valence-corrected chi connectivity index (χ4v) is 2.06. The largest absolute Gasteiger partial charge is 0.454 e. The highest BCUT2D eigenvalue weighted by Gasteiger charge is 2.25. The smallest absolute Gasteiger partial charge is 0.253 e. The van der Waals surface area contributed by atoms with Crippen molar-refractivity contribution in [2.45, 2.75) is 18.9 Å².